The molecule has 6 nitrogen and oxygen atoms in total. The molecule has 0 spiro atoms. The Balaban J connectivity index is 1.29. The van der Waals surface area contributed by atoms with Crippen LogP contribution in [0.15, 0.2) is 35.7 Å². The Morgan fingerprint density at radius 1 is 1.23 bits per heavy atom. The molecule has 4 heterocycles. The summed E-state index contributed by atoms with van der Waals surface area (Å²) in [5.74, 6) is 1.16. The van der Waals surface area contributed by atoms with E-state index in [1.54, 1.807) is 11.3 Å². The summed E-state index contributed by atoms with van der Waals surface area (Å²) in [5.41, 5.74) is 4.55. The molecule has 1 aliphatic heterocycles. The predicted octanol–water partition coefficient (Wildman–Crippen LogP) is 4.53. The number of benzene rings is 1. The van der Waals surface area contributed by atoms with Gasteiger partial charge in [-0.05, 0) is 55.7 Å². The normalized spacial score (nSPS) is 20.4. The van der Waals surface area contributed by atoms with E-state index in [1.165, 1.54) is 34.2 Å². The number of fused-ring (bicyclic) bond motifs is 6. The van der Waals surface area contributed by atoms with E-state index < -0.39 is 0 Å². The highest BCUT2D eigenvalue weighted by Crippen LogP contribution is 2.39. The maximum Gasteiger partial charge on any atom is 0.237 e. The van der Waals surface area contributed by atoms with Gasteiger partial charge in [-0.1, -0.05) is 36.9 Å². The lowest BCUT2D eigenvalue weighted by molar-refractivity contribution is -0.116. The zero-order valence-corrected chi connectivity index (χ0v) is 19.2. The minimum atomic E-state index is 0.107. The molecule has 1 aromatic carbocycles. The highest BCUT2D eigenvalue weighted by molar-refractivity contribution is 7.99. The second kappa shape index (κ2) is 7.31. The fraction of sp³-hybridized carbons (Fsp3) is 0.391. The molecular weight excluding hydrogens is 426 g/mol. The highest BCUT2D eigenvalue weighted by Gasteiger charge is 2.31. The molecule has 158 valence electrons. The van der Waals surface area contributed by atoms with Crippen LogP contribution in [-0.4, -0.2) is 37.3 Å². The first-order valence-corrected chi connectivity index (χ1v) is 12.6. The van der Waals surface area contributed by atoms with Crippen molar-refractivity contribution < 1.29 is 4.79 Å². The van der Waals surface area contributed by atoms with Crippen LogP contribution in [0, 0.1) is 5.92 Å². The number of thiophene rings is 1. The van der Waals surface area contributed by atoms with Crippen LogP contribution in [0.3, 0.4) is 0 Å². The molecule has 3 aromatic heterocycles. The molecular formula is C23H23N5OS2. The third-order valence-corrected chi connectivity index (χ3v) is 8.56. The van der Waals surface area contributed by atoms with Gasteiger partial charge in [0.25, 0.3) is 0 Å². The van der Waals surface area contributed by atoms with Gasteiger partial charge in [0.15, 0.2) is 10.8 Å². The van der Waals surface area contributed by atoms with Gasteiger partial charge in [-0.3, -0.25) is 9.20 Å². The second-order valence-electron chi connectivity index (χ2n) is 8.69. The van der Waals surface area contributed by atoms with Crippen LogP contribution >= 0.6 is 23.1 Å². The molecule has 0 saturated carbocycles. The van der Waals surface area contributed by atoms with E-state index in [1.807, 2.05) is 33.8 Å². The van der Waals surface area contributed by atoms with Gasteiger partial charge in [0, 0.05) is 16.6 Å². The Labute approximate surface area is 188 Å². The van der Waals surface area contributed by atoms with Gasteiger partial charge in [-0.2, -0.15) is 0 Å². The monoisotopic (exact) mass is 449 g/mol. The fourth-order valence-electron chi connectivity index (χ4n) is 4.96. The highest BCUT2D eigenvalue weighted by atomic mass is 32.2. The summed E-state index contributed by atoms with van der Waals surface area (Å²) in [5, 5.41) is 10.8. The quantitative estimate of drug-likeness (QED) is 0.430. The van der Waals surface area contributed by atoms with Crippen molar-refractivity contribution in [2.75, 3.05) is 10.7 Å². The number of carbonyl (C=O) groups is 1. The first kappa shape index (κ1) is 19.3. The lowest BCUT2D eigenvalue weighted by atomic mass is 9.89. The van der Waals surface area contributed by atoms with Gasteiger partial charge in [-0.25, -0.2) is 4.98 Å². The minimum Gasteiger partial charge on any atom is -0.308 e. The van der Waals surface area contributed by atoms with Gasteiger partial charge in [0.1, 0.15) is 11.2 Å². The summed E-state index contributed by atoms with van der Waals surface area (Å²) in [6, 6.07) is 8.36. The number of hydrogen-bond acceptors (Lipinski definition) is 6. The van der Waals surface area contributed by atoms with Crippen LogP contribution < -0.4 is 4.90 Å². The summed E-state index contributed by atoms with van der Waals surface area (Å²) in [4.78, 5) is 22.2. The molecule has 2 atom stereocenters. The number of nitrogens with zero attached hydrogens (tertiary/aromatic N) is 5. The van der Waals surface area contributed by atoms with Crippen molar-refractivity contribution in [1.82, 2.24) is 19.6 Å². The Kier molecular flexibility index (Phi) is 4.54. The van der Waals surface area contributed by atoms with Crippen LogP contribution in [-0.2, 0) is 24.1 Å². The lowest BCUT2D eigenvalue weighted by Crippen LogP contribution is -2.37. The molecule has 6 rings (SSSR count). The van der Waals surface area contributed by atoms with E-state index >= 15 is 0 Å². The number of thioether (sulfide) groups is 1. The topological polar surface area (TPSA) is 63.4 Å². The average molecular weight is 450 g/mol. The number of para-hydroxylation sites is 1. The first-order valence-electron chi connectivity index (χ1n) is 10.8. The summed E-state index contributed by atoms with van der Waals surface area (Å²) >= 11 is 3.24. The van der Waals surface area contributed by atoms with Gasteiger partial charge in [0.2, 0.25) is 5.91 Å². The van der Waals surface area contributed by atoms with Crippen molar-refractivity contribution in [2.45, 2.75) is 50.7 Å². The van der Waals surface area contributed by atoms with Gasteiger partial charge >= 0.3 is 0 Å². The van der Waals surface area contributed by atoms with Crippen LogP contribution in [0.1, 0.15) is 36.3 Å². The second-order valence-corrected chi connectivity index (χ2v) is 10.7. The predicted molar refractivity (Wildman–Crippen MR) is 125 cm³/mol. The molecule has 1 amide bonds. The minimum absolute atomic E-state index is 0.107. The third kappa shape index (κ3) is 3.07. The molecule has 8 heteroatoms. The molecule has 0 unspecified atom stereocenters. The molecule has 2 aliphatic rings. The van der Waals surface area contributed by atoms with Gasteiger partial charge in [0.05, 0.1) is 11.1 Å². The van der Waals surface area contributed by atoms with Gasteiger partial charge < -0.3 is 4.90 Å². The third-order valence-electron chi connectivity index (χ3n) is 6.47. The van der Waals surface area contributed by atoms with E-state index in [9.17, 15) is 4.79 Å². The van der Waals surface area contributed by atoms with E-state index in [2.05, 4.69) is 30.1 Å². The number of aryl methyl sites for hydroxylation is 1. The van der Waals surface area contributed by atoms with Crippen molar-refractivity contribution in [1.29, 1.82) is 0 Å². The van der Waals surface area contributed by atoms with Crippen LogP contribution in [0.4, 0.5) is 5.69 Å². The van der Waals surface area contributed by atoms with E-state index in [0.717, 1.165) is 51.9 Å². The Hall–Kier alpha value is -2.45. The molecule has 31 heavy (non-hydrogen) atoms. The summed E-state index contributed by atoms with van der Waals surface area (Å²) in [6.45, 7) is 4.43. The van der Waals surface area contributed by atoms with Crippen LogP contribution in [0.2, 0.25) is 0 Å². The molecule has 4 aromatic rings. The average Bonchev–Trinajstić information content (AvgIpc) is 3.43. The Morgan fingerprint density at radius 2 is 2.10 bits per heavy atom. The summed E-state index contributed by atoms with van der Waals surface area (Å²) in [6.07, 6.45) is 6.13. The van der Waals surface area contributed by atoms with E-state index in [4.69, 9.17) is 4.98 Å². The van der Waals surface area contributed by atoms with Crippen LogP contribution in [0.25, 0.3) is 15.9 Å². The number of hydrogen-bond donors (Lipinski definition) is 0. The lowest BCUT2D eigenvalue weighted by Gasteiger charge is -2.22. The zero-order chi connectivity index (χ0) is 21.1. The SMILES string of the molecule is C[C@H]1CCc2c(sc3ncn4c(SCC(=O)N5c6ccccc6C[C@H]5C)nnc4c23)C1. The van der Waals surface area contributed by atoms with E-state index in [0.29, 0.717) is 5.75 Å². The number of carbonyl (C=O) groups excluding carboxylic acids is 1. The van der Waals surface area contributed by atoms with Crippen LogP contribution in [0.5, 0.6) is 0 Å². The van der Waals surface area contributed by atoms with E-state index in [-0.39, 0.29) is 11.9 Å². The number of aromatic nitrogens is 4. The fourth-order valence-corrected chi connectivity index (χ4v) is 7.07. The van der Waals surface area contributed by atoms with Gasteiger partial charge in [-0.15, -0.1) is 21.5 Å². The Bertz CT molecular complexity index is 1330. The molecule has 1 aliphatic carbocycles. The molecule has 0 fully saturated rings. The molecule has 0 saturated heterocycles. The maximum absolute atomic E-state index is 13.1. The van der Waals surface area contributed by atoms with Crippen molar-refractivity contribution in [3.63, 3.8) is 0 Å². The number of rotatable bonds is 3. The first-order chi connectivity index (χ1) is 15.1. The standard InChI is InChI=1S/C23H23N5OS2/c1-13-7-8-16-18(9-13)31-22-20(16)21-25-26-23(27(21)12-24-22)30-11-19(29)28-14(2)10-15-5-3-4-6-17(15)28/h3-6,12-14H,7-11H2,1-2H3/t13-,14+/m0/s1. The zero-order valence-electron chi connectivity index (χ0n) is 17.5. The van der Waals surface area contributed by atoms with Crippen molar-refractivity contribution in [3.8, 4) is 0 Å². The summed E-state index contributed by atoms with van der Waals surface area (Å²) < 4.78 is 1.95. The smallest absolute Gasteiger partial charge is 0.237 e. The van der Waals surface area contributed by atoms with Crippen molar-refractivity contribution in [3.05, 3.63) is 46.6 Å². The summed E-state index contributed by atoms with van der Waals surface area (Å²) in [7, 11) is 0. The molecule has 0 radical (unpaired) electrons. The van der Waals surface area contributed by atoms with Crippen molar-refractivity contribution in [2.24, 2.45) is 5.92 Å². The molecule has 0 N–H and O–H groups in total. The largest absolute Gasteiger partial charge is 0.308 e. The number of amides is 1. The number of anilines is 1. The molecule has 0 bridgehead atoms. The maximum atomic E-state index is 13.1. The Morgan fingerprint density at radius 3 is 3.00 bits per heavy atom. The van der Waals surface area contributed by atoms with Crippen molar-refractivity contribution >= 4 is 50.6 Å².